The Bertz CT molecular complexity index is 4340. The molecule has 0 aliphatic heterocycles. The molecule has 0 radical (unpaired) electrons. The molecular weight excluding hydrogens is 1220 g/mol. The summed E-state index contributed by atoms with van der Waals surface area (Å²) < 4.78 is 0. The molecule has 16 rings (SSSR count). The van der Waals surface area contributed by atoms with Crippen molar-refractivity contribution in [1.82, 2.24) is 39.9 Å². The van der Waals surface area contributed by atoms with Crippen molar-refractivity contribution in [1.29, 1.82) is 0 Å². The van der Waals surface area contributed by atoms with Gasteiger partial charge in [-0.15, -0.1) is 0 Å². The summed E-state index contributed by atoms with van der Waals surface area (Å²) in [5, 5.41) is 0. The van der Waals surface area contributed by atoms with Crippen molar-refractivity contribution in [3.05, 3.63) is 386 Å². The Labute approximate surface area is 586 Å². The molecule has 4 aromatic heterocycles. The van der Waals surface area contributed by atoms with Gasteiger partial charge in [0.05, 0.1) is 34.2 Å². The van der Waals surface area contributed by atoms with E-state index in [1.54, 1.807) is 0 Å². The lowest BCUT2D eigenvalue weighted by molar-refractivity contribution is 1.07. The third-order valence-electron chi connectivity index (χ3n) is 16.7. The fraction of sp³-hybridized carbons (Fsp3) is 0.0435. The van der Waals surface area contributed by atoms with Gasteiger partial charge in [-0.05, 0) is 63.1 Å². The number of hydrogen-bond donors (Lipinski definition) is 0. The second-order valence-electron chi connectivity index (χ2n) is 24.2. The molecule has 0 atom stereocenters. The first-order chi connectivity index (χ1) is 49.2. The zero-order valence-corrected chi connectivity index (χ0v) is 56.2. The van der Waals surface area contributed by atoms with Crippen LogP contribution in [0.4, 0.5) is 0 Å². The first-order valence-electron chi connectivity index (χ1n) is 33.5. The second kappa shape index (κ2) is 32.1. The summed E-state index contributed by atoms with van der Waals surface area (Å²) in [4.78, 5) is 38.3. The standard InChI is InChI=1S/C24H19N.2C23H18N2.C22H17N3/c1-18-12-14-19(15-13-18)22-16-23(20-8-4-2-5-9-20)25-24(17-22)21-10-6-3-7-11-21;1-17-12-14-19(15-13-17)22-16-21(18-8-4-2-5-9-18)24-23(25-22)20-10-6-3-7-11-20;1-17-12-14-20(15-13-17)23-24-21(18-8-4-2-5-9-18)16-22(25-23)19-10-6-3-7-11-19;1-16-12-14-19(15-13-16)22-24-20(17-8-4-2-5-9-17)23-21(25-22)18-10-6-3-7-11-18/h2-17H,1H3;2*2-16H,1H3;2-15H,1H3. The smallest absolute Gasteiger partial charge is 0.164 e. The van der Waals surface area contributed by atoms with E-state index in [-0.39, 0.29) is 0 Å². The number of nitrogens with zero attached hydrogens (tertiary/aromatic N) is 8. The van der Waals surface area contributed by atoms with E-state index in [0.717, 1.165) is 107 Å². The lowest BCUT2D eigenvalue weighted by Crippen LogP contribution is -2.00. The summed E-state index contributed by atoms with van der Waals surface area (Å²) in [5.41, 5.74) is 24.7. The molecule has 0 spiro atoms. The van der Waals surface area contributed by atoms with Crippen LogP contribution in [0.2, 0.25) is 0 Å². The van der Waals surface area contributed by atoms with Gasteiger partial charge >= 0.3 is 0 Å². The summed E-state index contributed by atoms with van der Waals surface area (Å²) in [5.74, 6) is 3.56. The fourth-order valence-corrected chi connectivity index (χ4v) is 11.2. The highest BCUT2D eigenvalue weighted by atomic mass is 15.0. The molecule has 0 amide bonds. The van der Waals surface area contributed by atoms with Crippen molar-refractivity contribution in [2.45, 2.75) is 27.7 Å². The molecule has 0 saturated carbocycles. The van der Waals surface area contributed by atoms with E-state index in [2.05, 4.69) is 222 Å². The lowest BCUT2D eigenvalue weighted by Gasteiger charge is -2.10. The van der Waals surface area contributed by atoms with E-state index >= 15 is 0 Å². The maximum atomic E-state index is 4.92. The summed E-state index contributed by atoms with van der Waals surface area (Å²) in [6.45, 7) is 8.36. The van der Waals surface area contributed by atoms with Crippen LogP contribution in [-0.2, 0) is 0 Å². The van der Waals surface area contributed by atoms with Crippen molar-refractivity contribution in [3.63, 3.8) is 0 Å². The molecule has 4 heterocycles. The maximum absolute atomic E-state index is 4.92. The van der Waals surface area contributed by atoms with Gasteiger partial charge in [-0.2, -0.15) is 0 Å². The van der Waals surface area contributed by atoms with Gasteiger partial charge in [0.25, 0.3) is 0 Å². The third-order valence-corrected chi connectivity index (χ3v) is 16.7. The molecule has 0 fully saturated rings. The molecule has 0 aliphatic rings. The summed E-state index contributed by atoms with van der Waals surface area (Å²) in [6.07, 6.45) is 0. The predicted molar refractivity (Wildman–Crippen MR) is 412 cm³/mol. The Kier molecular flexibility index (Phi) is 21.1. The molecule has 0 bridgehead atoms. The van der Waals surface area contributed by atoms with Gasteiger partial charge in [-0.1, -0.05) is 362 Å². The number of benzene rings is 12. The van der Waals surface area contributed by atoms with Crippen LogP contribution in [0.3, 0.4) is 0 Å². The van der Waals surface area contributed by atoms with Gasteiger partial charge in [0, 0.05) is 61.2 Å². The topological polar surface area (TPSA) is 103 Å². The van der Waals surface area contributed by atoms with E-state index in [9.17, 15) is 0 Å². The number of rotatable bonds is 12. The molecule has 100 heavy (non-hydrogen) atoms. The Morgan fingerprint density at radius 1 is 0.130 bits per heavy atom. The predicted octanol–water partition coefficient (Wildman–Crippen LogP) is 23.1. The highest BCUT2D eigenvalue weighted by Gasteiger charge is 2.15. The molecular formula is C92H72N8. The number of hydrogen-bond acceptors (Lipinski definition) is 8. The number of aromatic nitrogens is 8. The molecule has 0 unspecified atom stereocenters. The molecule has 0 aliphatic carbocycles. The SMILES string of the molecule is Cc1ccc(-c2cc(-c3ccccc3)nc(-c3ccccc3)c2)cc1.Cc1ccc(-c2cc(-c3ccccc3)nc(-c3ccccc3)n2)cc1.Cc1ccc(-c2nc(-c3ccccc3)cc(-c3ccccc3)n2)cc1.Cc1ccc(-c2nc(-c3ccccc3)nc(-c3ccccc3)n2)cc1. The highest BCUT2D eigenvalue weighted by molar-refractivity contribution is 5.78. The summed E-state index contributed by atoms with van der Waals surface area (Å²) in [7, 11) is 0. The molecule has 480 valence electrons. The van der Waals surface area contributed by atoms with E-state index in [1.165, 1.54) is 33.4 Å². The minimum Gasteiger partial charge on any atom is -0.248 e. The monoisotopic (exact) mass is 1290 g/mol. The average Bonchev–Trinajstić information content (AvgIpc) is 0.833. The molecule has 8 nitrogen and oxygen atoms in total. The molecule has 16 aromatic rings. The van der Waals surface area contributed by atoms with Gasteiger partial charge < -0.3 is 0 Å². The van der Waals surface area contributed by atoms with Crippen LogP contribution < -0.4 is 0 Å². The molecule has 12 aromatic carbocycles. The maximum Gasteiger partial charge on any atom is 0.164 e. The van der Waals surface area contributed by atoms with Gasteiger partial charge in [-0.3, -0.25) is 0 Å². The van der Waals surface area contributed by atoms with Crippen molar-refractivity contribution in [2.75, 3.05) is 0 Å². The van der Waals surface area contributed by atoms with Crippen LogP contribution in [0.25, 0.3) is 136 Å². The van der Waals surface area contributed by atoms with Crippen LogP contribution >= 0.6 is 0 Å². The van der Waals surface area contributed by atoms with Crippen LogP contribution in [-0.4, -0.2) is 39.9 Å². The van der Waals surface area contributed by atoms with Crippen LogP contribution in [0.1, 0.15) is 22.3 Å². The van der Waals surface area contributed by atoms with Gasteiger partial charge in [0.1, 0.15) is 0 Å². The van der Waals surface area contributed by atoms with E-state index in [4.69, 9.17) is 39.9 Å². The summed E-state index contributed by atoms with van der Waals surface area (Å²) >= 11 is 0. The van der Waals surface area contributed by atoms with Crippen molar-refractivity contribution >= 4 is 0 Å². The zero-order valence-electron chi connectivity index (χ0n) is 56.2. The number of aryl methyl sites for hydroxylation is 4. The third kappa shape index (κ3) is 17.1. The fourth-order valence-electron chi connectivity index (χ4n) is 11.2. The minimum atomic E-state index is 0.685. The van der Waals surface area contributed by atoms with Crippen molar-refractivity contribution in [2.24, 2.45) is 0 Å². The van der Waals surface area contributed by atoms with E-state index < -0.39 is 0 Å². The first-order valence-corrected chi connectivity index (χ1v) is 33.5. The molecule has 8 heteroatoms. The Balaban J connectivity index is 0.000000119. The van der Waals surface area contributed by atoms with Crippen molar-refractivity contribution < 1.29 is 0 Å². The highest BCUT2D eigenvalue weighted by Crippen LogP contribution is 2.33. The summed E-state index contributed by atoms with van der Waals surface area (Å²) in [6, 6.07) is 124. The average molecular weight is 1290 g/mol. The van der Waals surface area contributed by atoms with Crippen LogP contribution in [0.5, 0.6) is 0 Å². The molecule has 0 N–H and O–H groups in total. The first kappa shape index (κ1) is 65.6. The lowest BCUT2D eigenvalue weighted by atomic mass is 9.99. The van der Waals surface area contributed by atoms with Crippen LogP contribution in [0, 0.1) is 27.7 Å². The quantitative estimate of drug-likeness (QED) is 0.119. The minimum absolute atomic E-state index is 0.685. The van der Waals surface area contributed by atoms with Crippen LogP contribution in [0.15, 0.2) is 364 Å². The second-order valence-corrected chi connectivity index (χ2v) is 24.2. The Hall–Kier alpha value is -13.0. The van der Waals surface area contributed by atoms with E-state index in [0.29, 0.717) is 17.5 Å². The Morgan fingerprint density at radius 3 is 0.540 bits per heavy atom. The molecule has 0 saturated heterocycles. The largest absolute Gasteiger partial charge is 0.248 e. The normalized spacial score (nSPS) is 10.6. The van der Waals surface area contributed by atoms with Gasteiger partial charge in [0.2, 0.25) is 0 Å². The van der Waals surface area contributed by atoms with Gasteiger partial charge in [0.15, 0.2) is 29.1 Å². The van der Waals surface area contributed by atoms with Crippen molar-refractivity contribution in [3.8, 4) is 136 Å². The zero-order chi connectivity index (χ0) is 68.2. The van der Waals surface area contributed by atoms with Gasteiger partial charge in [-0.25, -0.2) is 39.9 Å². The van der Waals surface area contributed by atoms with E-state index in [1.807, 2.05) is 170 Å². The Morgan fingerprint density at radius 2 is 0.300 bits per heavy atom. The number of pyridine rings is 1.